The van der Waals surface area contributed by atoms with Gasteiger partial charge in [0.1, 0.15) is 0 Å². The number of fused-ring (bicyclic) bond motifs is 1. The van der Waals surface area contributed by atoms with Crippen molar-refractivity contribution >= 4 is 11.8 Å². The van der Waals surface area contributed by atoms with Crippen molar-refractivity contribution in [2.24, 2.45) is 0 Å². The third kappa shape index (κ3) is 3.93. The summed E-state index contributed by atoms with van der Waals surface area (Å²) in [6, 6.07) is 14.5. The molecule has 0 unspecified atom stereocenters. The average Bonchev–Trinajstić information content (AvgIpc) is 3.45. The van der Waals surface area contributed by atoms with Crippen molar-refractivity contribution in [3.8, 4) is 11.4 Å². The lowest BCUT2D eigenvalue weighted by molar-refractivity contribution is -0.159. The summed E-state index contributed by atoms with van der Waals surface area (Å²) in [4.78, 5) is 32.5. The molecule has 3 heterocycles. The van der Waals surface area contributed by atoms with E-state index in [1.807, 2.05) is 30.3 Å². The van der Waals surface area contributed by atoms with Gasteiger partial charge in [-0.25, -0.2) is 0 Å². The third-order valence-electron chi connectivity index (χ3n) is 6.52. The molecule has 2 aromatic carbocycles. The van der Waals surface area contributed by atoms with Gasteiger partial charge in [-0.15, -0.1) is 0 Å². The molecule has 0 N–H and O–H groups in total. The molecular formula is C24H21F3N4O3. The number of likely N-dealkylation sites (tertiary alicyclic amines) is 1. The number of aromatic nitrogens is 2. The molecule has 0 radical (unpaired) electrons. The largest absolute Gasteiger partial charge is 0.471 e. The SMILES string of the molecule is CC(=O)N1CC[C@@H](N2Cc3ccc(-c4noc(C(F)(F)F)n4)cc3C2=O)[C@H](c2ccccc2)C1. The number of benzene rings is 2. The molecule has 10 heteroatoms. The molecule has 5 rings (SSSR count). The maximum absolute atomic E-state index is 13.4. The Labute approximate surface area is 193 Å². The highest BCUT2D eigenvalue weighted by atomic mass is 19.4. The highest BCUT2D eigenvalue weighted by Crippen LogP contribution is 2.37. The standard InChI is InChI=1S/C24H21F3N4O3/c1-14(32)30-10-9-20(19(13-30)15-5-3-2-4-6-15)31-12-17-8-7-16(11-18(17)22(31)33)21-28-23(34-29-21)24(25,26)27/h2-8,11,19-20H,9-10,12-13H2,1H3/t19-,20+/m0/s1. The van der Waals surface area contributed by atoms with Crippen molar-refractivity contribution in [1.82, 2.24) is 19.9 Å². The summed E-state index contributed by atoms with van der Waals surface area (Å²) < 4.78 is 42.8. The molecule has 7 nitrogen and oxygen atoms in total. The zero-order valence-corrected chi connectivity index (χ0v) is 18.2. The number of hydrogen-bond acceptors (Lipinski definition) is 5. The van der Waals surface area contributed by atoms with Gasteiger partial charge in [0.25, 0.3) is 5.91 Å². The lowest BCUT2D eigenvalue weighted by Gasteiger charge is -2.42. The Kier molecular flexibility index (Phi) is 5.38. The van der Waals surface area contributed by atoms with Crippen molar-refractivity contribution in [3.63, 3.8) is 0 Å². The number of carbonyl (C=O) groups excluding carboxylic acids is 2. The first-order chi connectivity index (χ1) is 16.2. The summed E-state index contributed by atoms with van der Waals surface area (Å²) in [6.45, 7) is 3.00. The molecule has 2 amide bonds. The van der Waals surface area contributed by atoms with Crippen LogP contribution >= 0.6 is 0 Å². The first kappa shape index (κ1) is 22.1. The normalized spacial score (nSPS) is 20.5. The van der Waals surface area contributed by atoms with Gasteiger partial charge in [-0.3, -0.25) is 9.59 Å². The molecule has 3 aromatic rings. The Bertz CT molecular complexity index is 1240. The smallest absolute Gasteiger partial charge is 0.342 e. The molecule has 176 valence electrons. The number of hydrogen-bond donors (Lipinski definition) is 0. The molecule has 0 bridgehead atoms. The fraction of sp³-hybridized carbons (Fsp3) is 0.333. The van der Waals surface area contributed by atoms with Crippen LogP contribution in [0.5, 0.6) is 0 Å². The zero-order valence-electron chi connectivity index (χ0n) is 18.2. The van der Waals surface area contributed by atoms with E-state index in [0.717, 1.165) is 11.1 Å². The molecule has 1 fully saturated rings. The Hall–Kier alpha value is -3.69. The molecule has 2 aliphatic heterocycles. The summed E-state index contributed by atoms with van der Waals surface area (Å²) in [5.41, 5.74) is 2.53. The highest BCUT2D eigenvalue weighted by molar-refractivity contribution is 5.99. The molecule has 0 saturated carbocycles. The Morgan fingerprint density at radius 2 is 1.91 bits per heavy atom. The minimum Gasteiger partial charge on any atom is -0.342 e. The van der Waals surface area contributed by atoms with E-state index in [1.54, 1.807) is 28.9 Å². The maximum Gasteiger partial charge on any atom is 0.471 e. The third-order valence-corrected chi connectivity index (χ3v) is 6.52. The molecular weight excluding hydrogens is 449 g/mol. The van der Waals surface area contributed by atoms with Crippen LogP contribution in [0.1, 0.15) is 46.6 Å². The van der Waals surface area contributed by atoms with Crippen molar-refractivity contribution < 1.29 is 27.3 Å². The van der Waals surface area contributed by atoms with E-state index in [2.05, 4.69) is 14.7 Å². The molecule has 1 aromatic heterocycles. The topological polar surface area (TPSA) is 79.5 Å². The second kappa shape index (κ2) is 8.27. The number of rotatable bonds is 3. The van der Waals surface area contributed by atoms with Gasteiger partial charge in [0, 0.05) is 49.6 Å². The van der Waals surface area contributed by atoms with Crippen molar-refractivity contribution in [1.29, 1.82) is 0 Å². The van der Waals surface area contributed by atoms with Crippen LogP contribution < -0.4 is 0 Å². The average molecular weight is 470 g/mol. The Morgan fingerprint density at radius 1 is 1.15 bits per heavy atom. The summed E-state index contributed by atoms with van der Waals surface area (Å²) in [6.07, 6.45) is -4.11. The van der Waals surface area contributed by atoms with Crippen LogP contribution in [0.25, 0.3) is 11.4 Å². The Morgan fingerprint density at radius 3 is 2.59 bits per heavy atom. The monoisotopic (exact) mass is 470 g/mol. The summed E-state index contributed by atoms with van der Waals surface area (Å²) in [5, 5.41) is 3.42. The molecule has 0 spiro atoms. The van der Waals surface area contributed by atoms with Gasteiger partial charge < -0.3 is 14.3 Å². The van der Waals surface area contributed by atoms with E-state index in [0.29, 0.717) is 31.6 Å². The van der Waals surface area contributed by atoms with E-state index in [-0.39, 0.29) is 35.2 Å². The summed E-state index contributed by atoms with van der Waals surface area (Å²) in [7, 11) is 0. The number of halogens is 3. The Balaban J connectivity index is 1.43. The number of piperidine rings is 1. The minimum absolute atomic E-state index is 0.00149. The van der Waals surface area contributed by atoms with E-state index >= 15 is 0 Å². The van der Waals surface area contributed by atoms with Crippen LogP contribution in [-0.2, 0) is 17.5 Å². The van der Waals surface area contributed by atoms with E-state index in [1.165, 1.54) is 6.07 Å². The maximum atomic E-state index is 13.4. The lowest BCUT2D eigenvalue weighted by atomic mass is 9.85. The fourth-order valence-electron chi connectivity index (χ4n) is 4.81. The van der Waals surface area contributed by atoms with Gasteiger partial charge in [-0.05, 0) is 23.6 Å². The quantitative estimate of drug-likeness (QED) is 0.576. The van der Waals surface area contributed by atoms with Crippen LogP contribution in [0.2, 0.25) is 0 Å². The molecule has 0 aliphatic carbocycles. The van der Waals surface area contributed by atoms with E-state index in [4.69, 9.17) is 0 Å². The number of amides is 2. The zero-order chi connectivity index (χ0) is 24.0. The number of carbonyl (C=O) groups is 2. The first-order valence-electron chi connectivity index (χ1n) is 10.9. The second-order valence-corrected chi connectivity index (χ2v) is 8.56. The van der Waals surface area contributed by atoms with Gasteiger partial charge in [0.05, 0.1) is 0 Å². The summed E-state index contributed by atoms with van der Waals surface area (Å²) in [5.74, 6) is -1.91. The number of alkyl halides is 3. The second-order valence-electron chi connectivity index (χ2n) is 8.56. The van der Waals surface area contributed by atoms with Gasteiger partial charge in [0.15, 0.2) is 0 Å². The van der Waals surface area contributed by atoms with E-state index in [9.17, 15) is 22.8 Å². The van der Waals surface area contributed by atoms with Gasteiger partial charge in [-0.1, -0.05) is 47.6 Å². The fourth-order valence-corrected chi connectivity index (χ4v) is 4.81. The first-order valence-corrected chi connectivity index (χ1v) is 10.9. The van der Waals surface area contributed by atoms with Crippen LogP contribution in [0.15, 0.2) is 53.1 Å². The lowest BCUT2D eigenvalue weighted by Crippen LogP contribution is -2.51. The number of nitrogens with zero attached hydrogens (tertiary/aromatic N) is 4. The predicted molar refractivity (Wildman–Crippen MR) is 114 cm³/mol. The van der Waals surface area contributed by atoms with Crippen molar-refractivity contribution in [2.45, 2.75) is 38.0 Å². The van der Waals surface area contributed by atoms with Crippen LogP contribution in [0.3, 0.4) is 0 Å². The van der Waals surface area contributed by atoms with Gasteiger partial charge in [0.2, 0.25) is 11.7 Å². The van der Waals surface area contributed by atoms with Crippen LogP contribution in [-0.4, -0.2) is 50.9 Å². The molecule has 34 heavy (non-hydrogen) atoms. The van der Waals surface area contributed by atoms with Crippen LogP contribution in [0.4, 0.5) is 13.2 Å². The molecule has 1 saturated heterocycles. The minimum atomic E-state index is -4.74. The summed E-state index contributed by atoms with van der Waals surface area (Å²) >= 11 is 0. The van der Waals surface area contributed by atoms with Gasteiger partial charge in [-0.2, -0.15) is 18.2 Å². The molecule has 2 aliphatic rings. The van der Waals surface area contributed by atoms with Gasteiger partial charge >= 0.3 is 12.1 Å². The van der Waals surface area contributed by atoms with Crippen molar-refractivity contribution in [2.75, 3.05) is 13.1 Å². The van der Waals surface area contributed by atoms with E-state index < -0.39 is 12.1 Å². The van der Waals surface area contributed by atoms with Crippen molar-refractivity contribution in [3.05, 3.63) is 71.1 Å². The highest BCUT2D eigenvalue weighted by Gasteiger charge is 2.41. The molecule has 2 atom stereocenters. The van der Waals surface area contributed by atoms with Crippen LogP contribution in [0, 0.1) is 0 Å². The predicted octanol–water partition coefficient (Wildman–Crippen LogP) is 4.12.